The van der Waals surface area contributed by atoms with Crippen molar-refractivity contribution in [3.05, 3.63) is 73.3 Å². The third-order valence-electron chi connectivity index (χ3n) is 4.03. The van der Waals surface area contributed by atoms with E-state index in [1.54, 1.807) is 74.8 Å². The normalized spacial score (nSPS) is 12.3. The van der Waals surface area contributed by atoms with Gasteiger partial charge in [-0.05, 0) is 56.3 Å². The maximum atomic E-state index is 12.4. The molecule has 2 unspecified atom stereocenters. The molecule has 8 nitrogen and oxygen atoms in total. The molecule has 2 amide bonds. The van der Waals surface area contributed by atoms with E-state index in [4.69, 9.17) is 9.47 Å². The van der Waals surface area contributed by atoms with Gasteiger partial charge in [0.25, 0.3) is 11.8 Å². The van der Waals surface area contributed by atoms with Gasteiger partial charge < -0.3 is 20.1 Å². The predicted molar refractivity (Wildman–Crippen MR) is 112 cm³/mol. The molecule has 0 bridgehead atoms. The second-order valence-electron chi connectivity index (χ2n) is 6.46. The van der Waals surface area contributed by atoms with Crippen LogP contribution in [-0.2, 0) is 9.59 Å². The number of aromatic nitrogens is 2. The number of nitrogens with one attached hydrogen (secondary N) is 2. The van der Waals surface area contributed by atoms with Crippen molar-refractivity contribution in [3.63, 3.8) is 0 Å². The molecular weight excluding hydrogens is 384 g/mol. The summed E-state index contributed by atoms with van der Waals surface area (Å²) in [4.78, 5) is 32.7. The Morgan fingerprint density at radius 3 is 1.63 bits per heavy atom. The van der Waals surface area contributed by atoms with Crippen molar-refractivity contribution >= 4 is 23.2 Å². The number of anilines is 2. The minimum absolute atomic E-state index is 0.324. The predicted octanol–water partition coefficient (Wildman–Crippen LogP) is 3.29. The topological polar surface area (TPSA) is 102 Å². The quantitative estimate of drug-likeness (QED) is 0.595. The number of ether oxygens (including phenoxy) is 2. The van der Waals surface area contributed by atoms with Gasteiger partial charge in [0, 0.05) is 23.8 Å². The Kier molecular flexibility index (Phi) is 6.94. The highest BCUT2D eigenvalue weighted by molar-refractivity contribution is 5.97. The Morgan fingerprint density at radius 1 is 0.767 bits per heavy atom. The summed E-state index contributed by atoms with van der Waals surface area (Å²) >= 11 is 0. The van der Waals surface area contributed by atoms with Crippen molar-refractivity contribution in [2.75, 3.05) is 10.6 Å². The fourth-order valence-electron chi connectivity index (χ4n) is 2.51. The van der Waals surface area contributed by atoms with E-state index in [2.05, 4.69) is 20.6 Å². The van der Waals surface area contributed by atoms with Crippen LogP contribution in [0.4, 0.5) is 11.4 Å². The molecule has 154 valence electrons. The fraction of sp³-hybridized carbons (Fsp3) is 0.182. The average molecular weight is 406 g/mol. The molecule has 2 heterocycles. The second-order valence-corrected chi connectivity index (χ2v) is 6.46. The molecule has 0 aliphatic rings. The average Bonchev–Trinajstić information content (AvgIpc) is 2.75. The zero-order valence-corrected chi connectivity index (χ0v) is 16.6. The van der Waals surface area contributed by atoms with E-state index >= 15 is 0 Å². The van der Waals surface area contributed by atoms with Gasteiger partial charge in [0.05, 0.1) is 12.4 Å². The highest BCUT2D eigenvalue weighted by atomic mass is 16.5. The smallest absolute Gasteiger partial charge is 0.265 e. The summed E-state index contributed by atoms with van der Waals surface area (Å²) in [7, 11) is 0. The summed E-state index contributed by atoms with van der Waals surface area (Å²) in [6.07, 6.45) is 4.88. The van der Waals surface area contributed by atoms with Crippen LogP contribution in [-0.4, -0.2) is 34.0 Å². The molecule has 0 radical (unpaired) electrons. The van der Waals surface area contributed by atoms with Crippen LogP contribution in [0, 0.1) is 0 Å². The Labute approximate surface area is 174 Å². The Hall–Kier alpha value is -3.94. The number of nitrogens with zero attached hydrogens (tertiary/aromatic N) is 2. The van der Waals surface area contributed by atoms with Crippen molar-refractivity contribution < 1.29 is 19.1 Å². The van der Waals surface area contributed by atoms with Gasteiger partial charge in [-0.1, -0.05) is 6.07 Å². The number of hydrogen-bond donors (Lipinski definition) is 2. The first-order valence-electron chi connectivity index (χ1n) is 9.36. The standard InChI is InChI=1S/C22H22N4O4/c1-15(29-19-8-4-10-23-13-19)21(27)25-17-6-3-7-18(12-17)26-22(28)16(2)30-20-9-5-11-24-14-20/h3-16H,1-2H3,(H,25,27)(H,26,28). The summed E-state index contributed by atoms with van der Waals surface area (Å²) in [5, 5.41) is 5.54. The lowest BCUT2D eigenvalue weighted by Crippen LogP contribution is -2.31. The van der Waals surface area contributed by atoms with E-state index < -0.39 is 12.2 Å². The molecule has 0 aliphatic heterocycles. The molecule has 2 aromatic heterocycles. The minimum atomic E-state index is -0.722. The van der Waals surface area contributed by atoms with Gasteiger partial charge in [-0.3, -0.25) is 19.6 Å². The molecule has 0 aliphatic carbocycles. The second kappa shape index (κ2) is 10.0. The third kappa shape index (κ3) is 6.03. The van der Waals surface area contributed by atoms with Gasteiger partial charge in [-0.15, -0.1) is 0 Å². The van der Waals surface area contributed by atoms with Gasteiger partial charge in [-0.25, -0.2) is 0 Å². The Balaban J connectivity index is 1.56. The molecule has 0 saturated carbocycles. The number of carbonyl (C=O) groups excluding carboxylic acids is 2. The first kappa shape index (κ1) is 20.8. The van der Waals surface area contributed by atoms with Crippen LogP contribution in [0.1, 0.15) is 13.8 Å². The monoisotopic (exact) mass is 406 g/mol. The van der Waals surface area contributed by atoms with E-state index in [0.29, 0.717) is 22.9 Å². The van der Waals surface area contributed by atoms with Gasteiger partial charge in [0.15, 0.2) is 12.2 Å². The Morgan fingerprint density at radius 2 is 1.23 bits per heavy atom. The van der Waals surface area contributed by atoms with Crippen LogP contribution in [0.15, 0.2) is 73.3 Å². The van der Waals surface area contributed by atoms with Crippen molar-refractivity contribution in [1.82, 2.24) is 9.97 Å². The fourth-order valence-corrected chi connectivity index (χ4v) is 2.51. The highest BCUT2D eigenvalue weighted by Crippen LogP contribution is 2.17. The van der Waals surface area contributed by atoms with Crippen LogP contribution in [0.25, 0.3) is 0 Å². The summed E-state index contributed by atoms with van der Waals surface area (Å²) < 4.78 is 11.1. The SMILES string of the molecule is CC(Oc1cccnc1)C(=O)Nc1cccc(NC(=O)C(C)Oc2cccnc2)c1. The van der Waals surface area contributed by atoms with Crippen molar-refractivity contribution in [2.45, 2.75) is 26.1 Å². The summed E-state index contributed by atoms with van der Waals surface area (Å²) in [5.41, 5.74) is 1.06. The molecule has 3 rings (SSSR count). The van der Waals surface area contributed by atoms with Gasteiger partial charge in [0.2, 0.25) is 0 Å². The summed E-state index contributed by atoms with van der Waals surface area (Å²) in [6, 6.07) is 13.7. The summed E-state index contributed by atoms with van der Waals surface area (Å²) in [5.74, 6) is 0.360. The van der Waals surface area contributed by atoms with E-state index in [9.17, 15) is 9.59 Å². The number of rotatable bonds is 8. The zero-order valence-electron chi connectivity index (χ0n) is 16.6. The van der Waals surface area contributed by atoms with Crippen LogP contribution in [0.3, 0.4) is 0 Å². The zero-order chi connectivity index (χ0) is 21.3. The van der Waals surface area contributed by atoms with Crippen LogP contribution in [0.2, 0.25) is 0 Å². The van der Waals surface area contributed by atoms with Crippen LogP contribution in [0.5, 0.6) is 11.5 Å². The van der Waals surface area contributed by atoms with Gasteiger partial charge in [-0.2, -0.15) is 0 Å². The molecule has 0 fully saturated rings. The molecule has 2 N–H and O–H groups in total. The number of pyridine rings is 2. The Bertz CT molecular complexity index is 906. The molecule has 2 atom stereocenters. The van der Waals surface area contributed by atoms with E-state index in [-0.39, 0.29) is 11.8 Å². The molecule has 3 aromatic rings. The number of benzene rings is 1. The first-order valence-corrected chi connectivity index (χ1v) is 9.36. The maximum absolute atomic E-state index is 12.4. The maximum Gasteiger partial charge on any atom is 0.265 e. The largest absolute Gasteiger partial charge is 0.479 e. The number of carbonyl (C=O) groups is 2. The van der Waals surface area contributed by atoms with Gasteiger partial charge >= 0.3 is 0 Å². The third-order valence-corrected chi connectivity index (χ3v) is 4.03. The van der Waals surface area contributed by atoms with Crippen molar-refractivity contribution in [2.24, 2.45) is 0 Å². The number of hydrogen-bond acceptors (Lipinski definition) is 6. The molecule has 1 aromatic carbocycles. The molecule has 8 heteroatoms. The lowest BCUT2D eigenvalue weighted by Gasteiger charge is -2.16. The highest BCUT2D eigenvalue weighted by Gasteiger charge is 2.17. The van der Waals surface area contributed by atoms with E-state index in [0.717, 1.165) is 0 Å². The first-order chi connectivity index (χ1) is 14.5. The lowest BCUT2D eigenvalue weighted by molar-refractivity contribution is -0.122. The molecule has 30 heavy (non-hydrogen) atoms. The molecular formula is C22H22N4O4. The van der Waals surface area contributed by atoms with Gasteiger partial charge in [0.1, 0.15) is 11.5 Å². The van der Waals surface area contributed by atoms with E-state index in [1.807, 2.05) is 0 Å². The van der Waals surface area contributed by atoms with Crippen LogP contribution < -0.4 is 20.1 Å². The molecule has 0 spiro atoms. The minimum Gasteiger partial charge on any atom is -0.479 e. The summed E-state index contributed by atoms with van der Waals surface area (Å²) in [6.45, 7) is 3.29. The van der Waals surface area contributed by atoms with Crippen LogP contribution >= 0.6 is 0 Å². The van der Waals surface area contributed by atoms with Crippen molar-refractivity contribution in [1.29, 1.82) is 0 Å². The van der Waals surface area contributed by atoms with Crippen molar-refractivity contribution in [3.8, 4) is 11.5 Å². The van der Waals surface area contributed by atoms with E-state index in [1.165, 1.54) is 12.4 Å². The number of amides is 2. The lowest BCUT2D eigenvalue weighted by atomic mass is 10.2. The molecule has 0 saturated heterocycles.